The van der Waals surface area contributed by atoms with Crippen molar-refractivity contribution in [3.8, 4) is 11.4 Å². The number of aromatic amines is 1. The summed E-state index contributed by atoms with van der Waals surface area (Å²) in [5, 5.41) is 0.0237. The molecule has 0 amide bonds. The zero-order valence-corrected chi connectivity index (χ0v) is 10.2. The highest BCUT2D eigenvalue weighted by molar-refractivity contribution is 6.31. The topological polar surface area (TPSA) is 45.8 Å². The van der Waals surface area contributed by atoms with E-state index in [1.807, 2.05) is 0 Å². The molecule has 1 heterocycles. The number of aromatic nitrogens is 2. The van der Waals surface area contributed by atoms with Crippen LogP contribution in [0.25, 0.3) is 11.4 Å². The molecule has 0 spiro atoms. The van der Waals surface area contributed by atoms with Crippen LogP contribution < -0.4 is 5.56 Å². The number of fused-ring (bicyclic) bond motifs is 1. The van der Waals surface area contributed by atoms with E-state index in [1.54, 1.807) is 6.07 Å². The van der Waals surface area contributed by atoms with Crippen LogP contribution in [-0.2, 0) is 12.8 Å². The number of H-pyrrole nitrogens is 1. The summed E-state index contributed by atoms with van der Waals surface area (Å²) >= 11 is 5.73. The molecule has 3 nitrogen and oxygen atoms in total. The van der Waals surface area contributed by atoms with E-state index in [0.717, 1.165) is 30.5 Å². The van der Waals surface area contributed by atoms with Gasteiger partial charge < -0.3 is 4.98 Å². The molecular formula is C13H10ClFN2O. The number of nitrogens with zero attached hydrogens (tertiary/aromatic N) is 1. The molecule has 1 aliphatic rings. The van der Waals surface area contributed by atoms with Crippen LogP contribution >= 0.6 is 11.6 Å². The minimum absolute atomic E-state index is 0.0237. The van der Waals surface area contributed by atoms with E-state index in [1.165, 1.54) is 12.1 Å². The second-order valence-electron chi connectivity index (χ2n) is 4.32. The van der Waals surface area contributed by atoms with Crippen molar-refractivity contribution in [2.75, 3.05) is 0 Å². The highest BCUT2D eigenvalue weighted by Crippen LogP contribution is 2.24. The van der Waals surface area contributed by atoms with Gasteiger partial charge in [0.1, 0.15) is 11.6 Å². The number of rotatable bonds is 1. The molecule has 0 unspecified atom stereocenters. The molecule has 2 aromatic rings. The molecule has 1 aromatic carbocycles. The minimum Gasteiger partial charge on any atom is -0.306 e. The van der Waals surface area contributed by atoms with Crippen molar-refractivity contribution >= 4 is 11.6 Å². The first kappa shape index (κ1) is 11.4. The van der Waals surface area contributed by atoms with Crippen LogP contribution in [0.1, 0.15) is 17.7 Å². The van der Waals surface area contributed by atoms with E-state index in [0.29, 0.717) is 11.4 Å². The Morgan fingerprint density at radius 1 is 1.33 bits per heavy atom. The largest absolute Gasteiger partial charge is 0.306 e. The maximum atomic E-state index is 13.1. The number of nitrogens with one attached hydrogen (secondary N) is 1. The van der Waals surface area contributed by atoms with Crippen molar-refractivity contribution in [1.29, 1.82) is 0 Å². The normalized spacial score (nSPS) is 13.7. The van der Waals surface area contributed by atoms with Gasteiger partial charge in [-0.25, -0.2) is 9.37 Å². The smallest absolute Gasteiger partial charge is 0.254 e. The van der Waals surface area contributed by atoms with E-state index in [2.05, 4.69) is 9.97 Å². The first-order chi connectivity index (χ1) is 8.65. The Morgan fingerprint density at radius 3 is 2.94 bits per heavy atom. The van der Waals surface area contributed by atoms with E-state index >= 15 is 0 Å². The molecular weight excluding hydrogens is 255 g/mol. The van der Waals surface area contributed by atoms with Crippen LogP contribution in [0.2, 0.25) is 5.02 Å². The fraction of sp³-hybridized carbons (Fsp3) is 0.231. The van der Waals surface area contributed by atoms with Gasteiger partial charge in [-0.15, -0.1) is 0 Å². The van der Waals surface area contributed by atoms with Gasteiger partial charge in [0.05, 0.1) is 10.7 Å². The number of hydrogen-bond acceptors (Lipinski definition) is 2. The van der Waals surface area contributed by atoms with Gasteiger partial charge in [0.15, 0.2) is 0 Å². The van der Waals surface area contributed by atoms with Crippen LogP contribution in [-0.4, -0.2) is 9.97 Å². The average Bonchev–Trinajstić information content (AvgIpc) is 2.81. The highest BCUT2D eigenvalue weighted by atomic mass is 35.5. The number of benzene rings is 1. The highest BCUT2D eigenvalue weighted by Gasteiger charge is 2.17. The second kappa shape index (κ2) is 4.21. The van der Waals surface area contributed by atoms with Crippen LogP contribution in [0.5, 0.6) is 0 Å². The lowest BCUT2D eigenvalue weighted by molar-refractivity contribution is 0.628. The molecule has 18 heavy (non-hydrogen) atoms. The van der Waals surface area contributed by atoms with Crippen molar-refractivity contribution in [2.45, 2.75) is 19.3 Å². The minimum atomic E-state index is -0.482. The monoisotopic (exact) mass is 264 g/mol. The first-order valence-corrected chi connectivity index (χ1v) is 6.10. The van der Waals surface area contributed by atoms with Gasteiger partial charge in [0.25, 0.3) is 5.56 Å². The first-order valence-electron chi connectivity index (χ1n) is 5.72. The lowest BCUT2D eigenvalue weighted by Gasteiger charge is -2.04. The molecule has 0 bridgehead atoms. The van der Waals surface area contributed by atoms with Crippen molar-refractivity contribution in [1.82, 2.24) is 9.97 Å². The Labute approximate surface area is 108 Å². The number of halogens is 2. The van der Waals surface area contributed by atoms with E-state index in [9.17, 15) is 9.18 Å². The van der Waals surface area contributed by atoms with Crippen LogP contribution in [0.4, 0.5) is 4.39 Å². The maximum absolute atomic E-state index is 13.1. The lowest BCUT2D eigenvalue weighted by atomic mass is 10.2. The summed E-state index contributed by atoms with van der Waals surface area (Å²) in [4.78, 5) is 19.0. The van der Waals surface area contributed by atoms with Gasteiger partial charge in [-0.3, -0.25) is 4.79 Å². The molecule has 1 aliphatic carbocycles. The van der Waals surface area contributed by atoms with Gasteiger partial charge in [0.2, 0.25) is 0 Å². The van der Waals surface area contributed by atoms with Gasteiger partial charge in [-0.05, 0) is 37.5 Å². The predicted molar refractivity (Wildman–Crippen MR) is 67.3 cm³/mol. The standard InChI is InChI=1S/C13H10ClFN2O/c14-9-6-7(4-5-10(9)15)12-16-11-3-1-2-8(11)13(18)17-12/h4-6H,1-3H2,(H,16,17,18). The third kappa shape index (κ3) is 1.82. The van der Waals surface area contributed by atoms with E-state index in [4.69, 9.17) is 11.6 Å². The molecule has 1 N–H and O–H groups in total. The quantitative estimate of drug-likeness (QED) is 0.861. The van der Waals surface area contributed by atoms with Gasteiger partial charge in [-0.2, -0.15) is 0 Å². The Morgan fingerprint density at radius 2 is 2.17 bits per heavy atom. The molecule has 92 valence electrons. The number of aryl methyl sites for hydroxylation is 1. The molecule has 0 atom stereocenters. The molecule has 1 aromatic heterocycles. The summed E-state index contributed by atoms with van der Waals surface area (Å²) in [5.41, 5.74) is 2.13. The molecule has 5 heteroatoms. The van der Waals surface area contributed by atoms with Crippen molar-refractivity contribution in [3.63, 3.8) is 0 Å². The lowest BCUT2D eigenvalue weighted by Crippen LogP contribution is -2.15. The fourth-order valence-corrected chi connectivity index (χ4v) is 2.40. The van der Waals surface area contributed by atoms with Gasteiger partial charge in [-0.1, -0.05) is 11.6 Å². The summed E-state index contributed by atoms with van der Waals surface area (Å²) in [5.74, 6) is -0.0357. The zero-order valence-electron chi connectivity index (χ0n) is 9.46. The molecule has 0 aliphatic heterocycles. The zero-order chi connectivity index (χ0) is 12.7. The molecule has 0 fully saturated rings. The van der Waals surface area contributed by atoms with Gasteiger partial charge >= 0.3 is 0 Å². The van der Waals surface area contributed by atoms with Crippen LogP contribution in [0.3, 0.4) is 0 Å². The fourth-order valence-electron chi connectivity index (χ4n) is 2.22. The summed E-state index contributed by atoms with van der Waals surface area (Å²) in [6.45, 7) is 0. The summed E-state index contributed by atoms with van der Waals surface area (Å²) < 4.78 is 13.1. The van der Waals surface area contributed by atoms with Crippen LogP contribution in [0, 0.1) is 5.82 Å². The Hall–Kier alpha value is -1.68. The summed E-state index contributed by atoms with van der Waals surface area (Å²) in [6.07, 6.45) is 2.56. The number of hydrogen-bond donors (Lipinski definition) is 1. The van der Waals surface area contributed by atoms with Crippen LogP contribution in [0.15, 0.2) is 23.0 Å². The SMILES string of the molecule is O=c1[nH]c(-c2ccc(F)c(Cl)c2)nc2c1CCC2. The Balaban J connectivity index is 2.15. The Kier molecular flexibility index (Phi) is 2.67. The second-order valence-corrected chi connectivity index (χ2v) is 4.73. The third-order valence-electron chi connectivity index (χ3n) is 3.13. The summed E-state index contributed by atoms with van der Waals surface area (Å²) in [7, 11) is 0. The van der Waals surface area contributed by atoms with E-state index in [-0.39, 0.29) is 10.6 Å². The molecule has 0 saturated carbocycles. The van der Waals surface area contributed by atoms with Crippen molar-refractivity contribution < 1.29 is 4.39 Å². The van der Waals surface area contributed by atoms with Crippen molar-refractivity contribution in [2.24, 2.45) is 0 Å². The molecule has 0 saturated heterocycles. The average molecular weight is 265 g/mol. The third-order valence-corrected chi connectivity index (χ3v) is 3.42. The maximum Gasteiger partial charge on any atom is 0.254 e. The Bertz CT molecular complexity index is 681. The van der Waals surface area contributed by atoms with Gasteiger partial charge in [0, 0.05) is 11.1 Å². The summed E-state index contributed by atoms with van der Waals surface area (Å²) in [6, 6.07) is 4.29. The molecule has 0 radical (unpaired) electrons. The van der Waals surface area contributed by atoms with Crippen molar-refractivity contribution in [3.05, 3.63) is 50.7 Å². The molecule has 3 rings (SSSR count). The predicted octanol–water partition coefficient (Wildman–Crippen LogP) is 2.72. The van der Waals surface area contributed by atoms with E-state index < -0.39 is 5.82 Å².